The van der Waals surface area contributed by atoms with Crippen LogP contribution in [0.5, 0.6) is 0 Å². The van der Waals surface area contributed by atoms with Crippen molar-refractivity contribution >= 4 is 0 Å². The first-order chi connectivity index (χ1) is 7.06. The summed E-state index contributed by atoms with van der Waals surface area (Å²) in [5.74, 6) is 0.698. The van der Waals surface area contributed by atoms with Crippen molar-refractivity contribution in [1.82, 2.24) is 10.2 Å². The zero-order chi connectivity index (χ0) is 11.4. The second-order valence-electron chi connectivity index (χ2n) is 5.12. The van der Waals surface area contributed by atoms with E-state index in [4.69, 9.17) is 4.74 Å². The van der Waals surface area contributed by atoms with Crippen molar-refractivity contribution in [2.45, 2.75) is 45.8 Å². The predicted octanol–water partition coefficient (Wildman–Crippen LogP) is 1.34. The Kier molecular flexibility index (Phi) is 5.03. The van der Waals surface area contributed by atoms with Crippen molar-refractivity contribution in [1.29, 1.82) is 0 Å². The first kappa shape index (κ1) is 12.9. The minimum Gasteiger partial charge on any atom is -0.383 e. The Hall–Kier alpha value is -0.120. The van der Waals surface area contributed by atoms with Gasteiger partial charge in [-0.05, 0) is 19.8 Å². The van der Waals surface area contributed by atoms with Crippen LogP contribution < -0.4 is 5.32 Å². The molecule has 3 nitrogen and oxygen atoms in total. The van der Waals surface area contributed by atoms with Crippen molar-refractivity contribution in [3.8, 4) is 0 Å². The molecule has 1 N–H and O–H groups in total. The molecule has 3 atom stereocenters. The summed E-state index contributed by atoms with van der Waals surface area (Å²) in [4.78, 5) is 2.59. The Morgan fingerprint density at radius 2 is 2.07 bits per heavy atom. The minimum atomic E-state index is 0.520. The molecular weight excluding hydrogens is 188 g/mol. The van der Waals surface area contributed by atoms with Crippen molar-refractivity contribution in [2.24, 2.45) is 5.92 Å². The van der Waals surface area contributed by atoms with Crippen LogP contribution in [-0.2, 0) is 4.74 Å². The third-order valence-corrected chi connectivity index (χ3v) is 3.33. The lowest BCUT2D eigenvalue weighted by atomic mass is 9.97. The van der Waals surface area contributed by atoms with Crippen LogP contribution in [0.2, 0.25) is 0 Å². The highest BCUT2D eigenvalue weighted by Crippen LogP contribution is 2.18. The normalized spacial score (nSPS) is 30.8. The number of nitrogens with one attached hydrogen (secondary N) is 1. The third kappa shape index (κ3) is 3.44. The van der Waals surface area contributed by atoms with Gasteiger partial charge in [0.1, 0.15) is 0 Å². The highest BCUT2D eigenvalue weighted by Gasteiger charge is 2.30. The Morgan fingerprint density at radius 3 is 2.60 bits per heavy atom. The molecule has 1 rings (SSSR count). The summed E-state index contributed by atoms with van der Waals surface area (Å²) < 4.78 is 5.26. The van der Waals surface area contributed by atoms with E-state index >= 15 is 0 Å². The second-order valence-corrected chi connectivity index (χ2v) is 5.12. The average Bonchev–Trinajstić information content (AvgIpc) is 2.17. The molecule has 15 heavy (non-hydrogen) atoms. The molecule has 0 radical (unpaired) electrons. The van der Waals surface area contributed by atoms with Gasteiger partial charge in [0, 0.05) is 38.3 Å². The molecule has 0 aromatic carbocycles. The standard InChI is InChI=1S/C12H26N2O/c1-9(2)12-6-13-10(3)7-14(12)11(4)8-15-5/h9-13H,6-8H2,1-5H3. The maximum atomic E-state index is 5.26. The van der Waals surface area contributed by atoms with Gasteiger partial charge < -0.3 is 10.1 Å². The van der Waals surface area contributed by atoms with E-state index < -0.39 is 0 Å². The van der Waals surface area contributed by atoms with E-state index in [1.165, 1.54) is 0 Å². The van der Waals surface area contributed by atoms with E-state index in [1.807, 2.05) is 0 Å². The lowest BCUT2D eigenvalue weighted by Crippen LogP contribution is -2.60. The lowest BCUT2D eigenvalue weighted by Gasteiger charge is -2.44. The molecule has 1 fully saturated rings. The van der Waals surface area contributed by atoms with Gasteiger partial charge in [0.2, 0.25) is 0 Å². The van der Waals surface area contributed by atoms with Crippen LogP contribution in [0.4, 0.5) is 0 Å². The van der Waals surface area contributed by atoms with Crippen molar-refractivity contribution < 1.29 is 4.74 Å². The molecule has 0 amide bonds. The van der Waals surface area contributed by atoms with Crippen LogP contribution in [-0.4, -0.2) is 49.8 Å². The molecule has 0 aromatic heterocycles. The van der Waals surface area contributed by atoms with Gasteiger partial charge in [0.25, 0.3) is 0 Å². The minimum absolute atomic E-state index is 0.520. The van der Waals surface area contributed by atoms with Gasteiger partial charge in [0.15, 0.2) is 0 Å². The fourth-order valence-electron chi connectivity index (χ4n) is 2.42. The van der Waals surface area contributed by atoms with Gasteiger partial charge in [-0.15, -0.1) is 0 Å². The Morgan fingerprint density at radius 1 is 1.40 bits per heavy atom. The highest BCUT2D eigenvalue weighted by molar-refractivity contribution is 4.88. The smallest absolute Gasteiger partial charge is 0.0615 e. The Labute approximate surface area is 94.2 Å². The summed E-state index contributed by atoms with van der Waals surface area (Å²) >= 11 is 0. The van der Waals surface area contributed by atoms with Gasteiger partial charge in [0.05, 0.1) is 6.61 Å². The number of nitrogens with zero attached hydrogens (tertiary/aromatic N) is 1. The second kappa shape index (κ2) is 5.83. The molecule has 0 aromatic rings. The molecule has 3 unspecified atom stereocenters. The van der Waals surface area contributed by atoms with E-state index in [1.54, 1.807) is 7.11 Å². The molecule has 1 aliphatic heterocycles. The summed E-state index contributed by atoms with van der Waals surface area (Å²) in [5, 5.41) is 3.56. The van der Waals surface area contributed by atoms with Crippen molar-refractivity contribution in [3.63, 3.8) is 0 Å². The number of ether oxygens (including phenoxy) is 1. The predicted molar refractivity (Wildman–Crippen MR) is 64.1 cm³/mol. The SMILES string of the molecule is COCC(C)N1CC(C)NCC1C(C)C. The van der Waals surface area contributed by atoms with Crippen molar-refractivity contribution in [2.75, 3.05) is 26.8 Å². The van der Waals surface area contributed by atoms with Gasteiger partial charge in [-0.3, -0.25) is 4.90 Å². The molecule has 1 aliphatic rings. The maximum absolute atomic E-state index is 5.26. The van der Waals surface area contributed by atoms with E-state index in [0.29, 0.717) is 24.0 Å². The van der Waals surface area contributed by atoms with Crippen LogP contribution >= 0.6 is 0 Å². The fraction of sp³-hybridized carbons (Fsp3) is 1.00. The summed E-state index contributed by atoms with van der Waals surface area (Å²) in [6.07, 6.45) is 0. The van der Waals surface area contributed by atoms with Gasteiger partial charge in [-0.2, -0.15) is 0 Å². The summed E-state index contributed by atoms with van der Waals surface area (Å²) in [6, 6.07) is 1.76. The molecule has 0 bridgehead atoms. The number of piperazine rings is 1. The van der Waals surface area contributed by atoms with Crippen LogP contribution in [0.3, 0.4) is 0 Å². The monoisotopic (exact) mass is 214 g/mol. The fourth-order valence-corrected chi connectivity index (χ4v) is 2.42. The summed E-state index contributed by atoms with van der Waals surface area (Å²) in [5.41, 5.74) is 0. The first-order valence-electron chi connectivity index (χ1n) is 6.04. The van der Waals surface area contributed by atoms with Crippen LogP contribution in [0.1, 0.15) is 27.7 Å². The van der Waals surface area contributed by atoms with E-state index in [9.17, 15) is 0 Å². The highest BCUT2D eigenvalue weighted by atomic mass is 16.5. The van der Waals surface area contributed by atoms with Crippen LogP contribution in [0.15, 0.2) is 0 Å². The molecule has 0 aliphatic carbocycles. The zero-order valence-electron chi connectivity index (χ0n) is 10.8. The zero-order valence-corrected chi connectivity index (χ0v) is 10.8. The first-order valence-corrected chi connectivity index (χ1v) is 6.04. The van der Waals surface area contributed by atoms with Crippen LogP contribution in [0, 0.1) is 5.92 Å². The van der Waals surface area contributed by atoms with Gasteiger partial charge in [-0.1, -0.05) is 13.8 Å². The van der Waals surface area contributed by atoms with Gasteiger partial charge in [-0.25, -0.2) is 0 Å². The molecule has 0 saturated carbocycles. The van der Waals surface area contributed by atoms with E-state index in [0.717, 1.165) is 19.7 Å². The molecule has 90 valence electrons. The Balaban J connectivity index is 2.61. The number of hydrogen-bond acceptors (Lipinski definition) is 3. The number of methoxy groups -OCH3 is 1. The largest absolute Gasteiger partial charge is 0.383 e. The lowest BCUT2D eigenvalue weighted by molar-refractivity contribution is 0.0268. The molecule has 1 heterocycles. The van der Waals surface area contributed by atoms with E-state index in [-0.39, 0.29) is 0 Å². The van der Waals surface area contributed by atoms with Gasteiger partial charge >= 0.3 is 0 Å². The van der Waals surface area contributed by atoms with E-state index in [2.05, 4.69) is 37.9 Å². The quantitative estimate of drug-likeness (QED) is 0.764. The van der Waals surface area contributed by atoms with Crippen LogP contribution in [0.25, 0.3) is 0 Å². The molecule has 3 heteroatoms. The maximum Gasteiger partial charge on any atom is 0.0615 e. The molecule has 0 spiro atoms. The molecular formula is C12H26N2O. The number of rotatable bonds is 4. The third-order valence-electron chi connectivity index (χ3n) is 3.33. The van der Waals surface area contributed by atoms with Crippen molar-refractivity contribution in [3.05, 3.63) is 0 Å². The average molecular weight is 214 g/mol. The molecule has 1 saturated heterocycles. The summed E-state index contributed by atoms with van der Waals surface area (Å²) in [6.45, 7) is 12.2. The topological polar surface area (TPSA) is 24.5 Å². The summed E-state index contributed by atoms with van der Waals surface area (Å²) in [7, 11) is 1.78. The Bertz CT molecular complexity index is 184. The number of hydrogen-bond donors (Lipinski definition) is 1.